The lowest BCUT2D eigenvalue weighted by Crippen LogP contribution is -2.41. The smallest absolute Gasteiger partial charge is 0.215 e. The molecular formula is C26H40O5. The molecule has 2 rings (SSSR count). The van der Waals surface area contributed by atoms with Crippen molar-refractivity contribution in [1.82, 2.24) is 0 Å². The maximum atomic E-state index is 12.3. The van der Waals surface area contributed by atoms with E-state index >= 15 is 0 Å². The summed E-state index contributed by atoms with van der Waals surface area (Å²) in [7, 11) is 0. The van der Waals surface area contributed by atoms with Crippen molar-refractivity contribution in [3.05, 3.63) is 29.8 Å². The molecule has 1 heterocycles. The quantitative estimate of drug-likeness (QED) is 0.210. The normalized spacial score (nSPS) is 18.3. The fourth-order valence-electron chi connectivity index (χ4n) is 4.15. The Morgan fingerprint density at radius 2 is 1.48 bits per heavy atom. The number of ketones is 1. The average Bonchev–Trinajstić information content (AvgIpc) is 2.69. The summed E-state index contributed by atoms with van der Waals surface area (Å²) in [4.78, 5) is 12.3. The van der Waals surface area contributed by atoms with E-state index in [4.69, 9.17) is 4.74 Å². The molecule has 0 amide bonds. The molecular weight excluding hydrogens is 392 g/mol. The van der Waals surface area contributed by atoms with Crippen LogP contribution >= 0.6 is 0 Å². The third-order valence-electron chi connectivity index (χ3n) is 5.89. The van der Waals surface area contributed by atoms with Crippen LogP contribution in [0.2, 0.25) is 0 Å². The number of carbonyl (C=O) groups excluding carboxylic acids is 1. The Morgan fingerprint density at radius 1 is 0.903 bits per heavy atom. The zero-order chi connectivity index (χ0) is 22.5. The first kappa shape index (κ1) is 25.3. The summed E-state index contributed by atoms with van der Waals surface area (Å²) in [6.07, 6.45) is 20.3. The summed E-state index contributed by atoms with van der Waals surface area (Å²) in [5, 5.41) is 30.1. The molecule has 1 aliphatic rings. The molecule has 1 aliphatic heterocycles. The zero-order valence-electron chi connectivity index (χ0n) is 19.1. The fourth-order valence-corrected chi connectivity index (χ4v) is 4.15. The molecule has 5 nitrogen and oxygen atoms in total. The maximum Gasteiger partial charge on any atom is 0.215 e. The summed E-state index contributed by atoms with van der Waals surface area (Å²) in [5.41, 5.74) is 0.0374. The van der Waals surface area contributed by atoms with Gasteiger partial charge >= 0.3 is 0 Å². The van der Waals surface area contributed by atoms with Gasteiger partial charge in [-0.1, -0.05) is 76.9 Å². The molecule has 0 fully saturated rings. The predicted molar refractivity (Wildman–Crippen MR) is 124 cm³/mol. The first-order chi connectivity index (χ1) is 14.9. The van der Waals surface area contributed by atoms with Gasteiger partial charge < -0.3 is 20.1 Å². The van der Waals surface area contributed by atoms with Crippen molar-refractivity contribution in [2.75, 3.05) is 0 Å². The fraction of sp³-hybridized carbons (Fsp3) is 0.654. The minimum absolute atomic E-state index is 0.0374. The number of aliphatic hydroxyl groups is 1. The Morgan fingerprint density at radius 3 is 2.13 bits per heavy atom. The molecule has 3 N–H and O–H groups in total. The topological polar surface area (TPSA) is 87.0 Å². The molecule has 5 heteroatoms. The second-order valence-corrected chi connectivity index (χ2v) is 8.82. The lowest BCUT2D eigenvalue weighted by Gasteiger charge is -2.33. The third-order valence-corrected chi connectivity index (χ3v) is 5.89. The van der Waals surface area contributed by atoms with Crippen LogP contribution in [-0.2, 0) is 0 Å². The highest BCUT2D eigenvalue weighted by Gasteiger charge is 2.39. The number of benzene rings is 1. The number of phenolic OH excluding ortho intramolecular Hbond substituents is 2. The van der Waals surface area contributed by atoms with Gasteiger partial charge in [-0.2, -0.15) is 0 Å². The number of allylic oxidation sites excluding steroid dienone is 2. The average molecular weight is 433 g/mol. The highest BCUT2D eigenvalue weighted by molar-refractivity contribution is 6.02. The van der Waals surface area contributed by atoms with E-state index in [0.29, 0.717) is 6.42 Å². The van der Waals surface area contributed by atoms with Gasteiger partial charge in [0.25, 0.3) is 0 Å². The lowest BCUT2D eigenvalue weighted by molar-refractivity contribution is -0.145. The van der Waals surface area contributed by atoms with Crippen LogP contribution in [-0.4, -0.2) is 26.9 Å². The van der Waals surface area contributed by atoms with Crippen LogP contribution < -0.4 is 4.74 Å². The molecule has 0 bridgehead atoms. The summed E-state index contributed by atoms with van der Waals surface area (Å²) >= 11 is 0. The van der Waals surface area contributed by atoms with Crippen molar-refractivity contribution in [2.24, 2.45) is 0 Å². The van der Waals surface area contributed by atoms with Gasteiger partial charge in [0, 0.05) is 18.6 Å². The molecule has 0 aliphatic carbocycles. The Bertz CT molecular complexity index is 712. The second kappa shape index (κ2) is 13.4. The Labute approximate surface area is 187 Å². The van der Waals surface area contributed by atoms with Crippen LogP contribution in [0.4, 0.5) is 0 Å². The summed E-state index contributed by atoms with van der Waals surface area (Å²) < 4.78 is 5.58. The number of phenols is 2. The second-order valence-electron chi connectivity index (χ2n) is 8.82. The molecule has 31 heavy (non-hydrogen) atoms. The van der Waals surface area contributed by atoms with E-state index in [-0.39, 0.29) is 35.0 Å². The molecule has 1 aromatic rings. The van der Waals surface area contributed by atoms with Crippen LogP contribution in [0.1, 0.15) is 114 Å². The number of rotatable bonds is 15. The van der Waals surface area contributed by atoms with E-state index in [0.717, 1.165) is 25.3 Å². The van der Waals surface area contributed by atoms with Crippen molar-refractivity contribution in [2.45, 2.75) is 109 Å². The van der Waals surface area contributed by atoms with E-state index in [1.807, 2.05) is 0 Å². The van der Waals surface area contributed by atoms with Crippen molar-refractivity contribution in [3.8, 4) is 17.2 Å². The van der Waals surface area contributed by atoms with E-state index in [2.05, 4.69) is 19.1 Å². The van der Waals surface area contributed by atoms with Crippen LogP contribution in [0.5, 0.6) is 17.2 Å². The van der Waals surface area contributed by atoms with Gasteiger partial charge in [0.2, 0.25) is 5.79 Å². The third kappa shape index (κ3) is 8.94. The molecule has 0 saturated carbocycles. The number of unbranched alkanes of at least 4 members (excludes halogenated alkanes) is 11. The number of aromatic hydroxyl groups is 2. The number of carbonyl (C=O) groups is 1. The molecule has 0 spiro atoms. The van der Waals surface area contributed by atoms with Gasteiger partial charge in [0.05, 0.1) is 6.42 Å². The molecule has 0 radical (unpaired) electrons. The van der Waals surface area contributed by atoms with E-state index in [1.165, 1.54) is 70.3 Å². The van der Waals surface area contributed by atoms with Crippen molar-refractivity contribution < 1.29 is 24.9 Å². The molecule has 0 saturated heterocycles. The first-order valence-corrected chi connectivity index (χ1v) is 12.1. The van der Waals surface area contributed by atoms with Crippen LogP contribution in [0.3, 0.4) is 0 Å². The highest BCUT2D eigenvalue weighted by Crippen LogP contribution is 2.41. The number of fused-ring (bicyclic) bond motifs is 1. The molecule has 0 aromatic heterocycles. The largest absolute Gasteiger partial charge is 0.508 e. The van der Waals surface area contributed by atoms with Gasteiger partial charge in [0.1, 0.15) is 22.8 Å². The first-order valence-electron chi connectivity index (χ1n) is 12.1. The van der Waals surface area contributed by atoms with Crippen molar-refractivity contribution >= 4 is 5.78 Å². The predicted octanol–water partition coefficient (Wildman–Crippen LogP) is 6.79. The van der Waals surface area contributed by atoms with Crippen LogP contribution in [0.15, 0.2) is 24.3 Å². The number of hydrogen-bond acceptors (Lipinski definition) is 5. The number of ether oxygens (including phenoxy) is 1. The van der Waals surface area contributed by atoms with Gasteiger partial charge in [-0.15, -0.1) is 0 Å². The minimum atomic E-state index is -1.56. The van der Waals surface area contributed by atoms with Crippen LogP contribution in [0.25, 0.3) is 0 Å². The zero-order valence-corrected chi connectivity index (χ0v) is 19.1. The van der Waals surface area contributed by atoms with Gasteiger partial charge in [-0.3, -0.25) is 4.79 Å². The van der Waals surface area contributed by atoms with Crippen LogP contribution in [0, 0.1) is 0 Å². The minimum Gasteiger partial charge on any atom is -0.508 e. The SMILES string of the molecule is CCC/C=C\CCCCCCCCCCCC[C@]1(O)CC(=O)c2c(O)cc(O)cc2O1. The Balaban J connectivity index is 1.52. The maximum absolute atomic E-state index is 12.3. The van der Waals surface area contributed by atoms with Crippen molar-refractivity contribution in [3.63, 3.8) is 0 Å². The lowest BCUT2D eigenvalue weighted by atomic mass is 9.93. The Kier molecular flexibility index (Phi) is 10.9. The van der Waals surface area contributed by atoms with Crippen molar-refractivity contribution in [1.29, 1.82) is 0 Å². The monoisotopic (exact) mass is 432 g/mol. The molecule has 0 unspecified atom stereocenters. The van der Waals surface area contributed by atoms with Gasteiger partial charge in [-0.05, 0) is 25.7 Å². The van der Waals surface area contributed by atoms with Gasteiger partial charge in [0.15, 0.2) is 5.78 Å². The van der Waals surface area contributed by atoms with E-state index in [9.17, 15) is 20.1 Å². The Hall–Kier alpha value is -2.01. The molecule has 174 valence electrons. The summed E-state index contributed by atoms with van der Waals surface area (Å²) in [6.45, 7) is 2.21. The summed E-state index contributed by atoms with van der Waals surface area (Å²) in [5.74, 6) is -2.38. The molecule has 1 aromatic carbocycles. The van der Waals surface area contributed by atoms with E-state index < -0.39 is 5.79 Å². The summed E-state index contributed by atoms with van der Waals surface area (Å²) in [6, 6.07) is 2.37. The highest BCUT2D eigenvalue weighted by atomic mass is 16.6. The standard InChI is InChI=1S/C26H40O5/c1-2-3-4-5-6-7-8-9-10-11-12-13-14-15-16-17-26(30)20-23(29)25-22(28)18-21(27)19-24(25)31-26/h4-5,18-19,27-28,30H,2-3,6-17,20H2,1H3/b5-4-/t26-/m1/s1. The van der Waals surface area contributed by atoms with Gasteiger partial charge in [-0.25, -0.2) is 0 Å². The van der Waals surface area contributed by atoms with E-state index in [1.54, 1.807) is 0 Å². The molecule has 1 atom stereocenters. The number of hydrogen-bond donors (Lipinski definition) is 3. The number of Topliss-reactive ketones (excluding diaryl/α,β-unsaturated/α-hetero) is 1.